The summed E-state index contributed by atoms with van der Waals surface area (Å²) in [5, 5.41) is 18.6. The molecule has 80 valence electrons. The number of aliphatic carboxylic acids is 2. The van der Waals surface area contributed by atoms with Crippen LogP contribution in [-0.2, 0) is 14.4 Å². The minimum atomic E-state index is -2.30. The Hall–Kier alpha value is -1.66. The highest BCUT2D eigenvalue weighted by atomic mass is 19.1. The third-order valence-electron chi connectivity index (χ3n) is 1.39. The van der Waals surface area contributed by atoms with Gasteiger partial charge in [-0.25, -0.2) is 14.0 Å². The van der Waals surface area contributed by atoms with Gasteiger partial charge in [-0.3, -0.25) is 4.79 Å². The molecule has 1 amide bonds. The zero-order chi connectivity index (χ0) is 11.3. The van der Waals surface area contributed by atoms with Crippen LogP contribution in [0.4, 0.5) is 4.39 Å². The number of carboxylic acids is 2. The van der Waals surface area contributed by atoms with Crippen molar-refractivity contribution in [3.63, 3.8) is 0 Å². The molecule has 6 nitrogen and oxygen atoms in total. The van der Waals surface area contributed by atoms with Crippen LogP contribution in [0, 0.1) is 0 Å². The summed E-state index contributed by atoms with van der Waals surface area (Å²) < 4.78 is 12.6. The lowest BCUT2D eigenvalue weighted by Gasteiger charge is -2.13. The first-order valence-corrected chi connectivity index (χ1v) is 3.71. The standard InChI is InChI=1S/C7H10FNO5/c1-3(10)9-5(7(13)14)2-4(8)6(11)12/h4-5H,2H2,1H3,(H,9,10)(H,11,12)(H,13,14)/t4-,5+/m1/s1. The van der Waals surface area contributed by atoms with Gasteiger partial charge in [0.25, 0.3) is 0 Å². The minimum absolute atomic E-state index is 0.657. The zero-order valence-electron chi connectivity index (χ0n) is 7.36. The Morgan fingerprint density at radius 3 is 2.07 bits per heavy atom. The number of carbonyl (C=O) groups is 3. The molecular formula is C7H10FNO5. The first-order valence-electron chi connectivity index (χ1n) is 3.71. The minimum Gasteiger partial charge on any atom is -0.480 e. The van der Waals surface area contributed by atoms with Gasteiger partial charge in [-0.15, -0.1) is 0 Å². The Balaban J connectivity index is 4.30. The molecule has 0 aliphatic heterocycles. The number of hydrogen-bond donors (Lipinski definition) is 3. The number of hydrogen-bond acceptors (Lipinski definition) is 3. The summed E-state index contributed by atoms with van der Waals surface area (Å²) in [6.07, 6.45) is -3.09. The summed E-state index contributed by atoms with van der Waals surface area (Å²) in [4.78, 5) is 30.9. The summed E-state index contributed by atoms with van der Waals surface area (Å²) in [5.41, 5.74) is 0. The topological polar surface area (TPSA) is 104 Å². The Labute approximate surface area is 78.7 Å². The van der Waals surface area contributed by atoms with Crippen molar-refractivity contribution in [2.24, 2.45) is 0 Å². The van der Waals surface area contributed by atoms with E-state index < -0.39 is 36.5 Å². The molecule has 0 aromatic heterocycles. The van der Waals surface area contributed by atoms with E-state index in [1.54, 1.807) is 0 Å². The molecule has 2 atom stereocenters. The molecule has 14 heavy (non-hydrogen) atoms. The predicted octanol–water partition coefficient (Wildman–Crippen LogP) is -0.611. The maximum atomic E-state index is 12.6. The van der Waals surface area contributed by atoms with Crippen LogP contribution >= 0.6 is 0 Å². The molecule has 7 heteroatoms. The quantitative estimate of drug-likeness (QED) is 0.557. The van der Waals surface area contributed by atoms with Crippen molar-refractivity contribution >= 4 is 17.8 Å². The number of carboxylic acid groups (broad SMARTS) is 2. The van der Waals surface area contributed by atoms with Gasteiger partial charge < -0.3 is 15.5 Å². The Morgan fingerprint density at radius 2 is 1.79 bits per heavy atom. The molecule has 0 bridgehead atoms. The second-order valence-electron chi connectivity index (χ2n) is 2.63. The molecule has 0 aromatic carbocycles. The first-order chi connectivity index (χ1) is 6.34. The summed E-state index contributed by atoms with van der Waals surface area (Å²) in [6, 6.07) is -1.52. The highest BCUT2D eigenvalue weighted by Crippen LogP contribution is 2.03. The summed E-state index contributed by atoms with van der Waals surface area (Å²) in [7, 11) is 0. The van der Waals surface area contributed by atoms with E-state index in [0.29, 0.717) is 0 Å². The average molecular weight is 207 g/mol. The molecule has 0 heterocycles. The predicted molar refractivity (Wildman–Crippen MR) is 42.4 cm³/mol. The summed E-state index contributed by atoms with van der Waals surface area (Å²) >= 11 is 0. The monoisotopic (exact) mass is 207 g/mol. The van der Waals surface area contributed by atoms with Crippen LogP contribution in [0.5, 0.6) is 0 Å². The van der Waals surface area contributed by atoms with Crippen molar-refractivity contribution in [2.75, 3.05) is 0 Å². The zero-order valence-corrected chi connectivity index (χ0v) is 7.36. The highest BCUT2D eigenvalue weighted by molar-refractivity contribution is 5.83. The number of alkyl halides is 1. The molecule has 0 saturated heterocycles. The van der Waals surface area contributed by atoms with E-state index in [0.717, 1.165) is 6.92 Å². The second-order valence-corrected chi connectivity index (χ2v) is 2.63. The van der Waals surface area contributed by atoms with Crippen LogP contribution in [0.15, 0.2) is 0 Å². The fourth-order valence-electron chi connectivity index (χ4n) is 0.775. The molecule has 0 aliphatic carbocycles. The van der Waals surface area contributed by atoms with Gasteiger partial charge in [-0.2, -0.15) is 0 Å². The van der Waals surface area contributed by atoms with E-state index in [1.807, 2.05) is 5.32 Å². The lowest BCUT2D eigenvalue weighted by atomic mass is 10.1. The lowest BCUT2D eigenvalue weighted by Crippen LogP contribution is -2.42. The van der Waals surface area contributed by atoms with E-state index in [4.69, 9.17) is 10.2 Å². The molecule has 0 fully saturated rings. The van der Waals surface area contributed by atoms with Gasteiger partial charge in [0, 0.05) is 13.3 Å². The number of amides is 1. The molecule has 0 aliphatic rings. The average Bonchev–Trinajstić information content (AvgIpc) is 2.01. The molecule has 0 unspecified atom stereocenters. The highest BCUT2D eigenvalue weighted by Gasteiger charge is 2.27. The summed E-state index contributed by atoms with van der Waals surface area (Å²) in [5.74, 6) is -3.87. The molecule has 0 rings (SSSR count). The number of carbonyl (C=O) groups excluding carboxylic acids is 1. The molecular weight excluding hydrogens is 197 g/mol. The van der Waals surface area contributed by atoms with Crippen molar-refractivity contribution in [3.05, 3.63) is 0 Å². The molecule has 0 saturated carbocycles. The maximum absolute atomic E-state index is 12.6. The van der Waals surface area contributed by atoms with Crippen molar-refractivity contribution in [1.82, 2.24) is 5.32 Å². The van der Waals surface area contributed by atoms with Crippen LogP contribution in [-0.4, -0.2) is 40.3 Å². The van der Waals surface area contributed by atoms with Crippen molar-refractivity contribution < 1.29 is 29.0 Å². The van der Waals surface area contributed by atoms with Crippen LogP contribution in [0.25, 0.3) is 0 Å². The van der Waals surface area contributed by atoms with Gasteiger partial charge in [0.15, 0.2) is 6.17 Å². The van der Waals surface area contributed by atoms with E-state index in [-0.39, 0.29) is 0 Å². The van der Waals surface area contributed by atoms with E-state index in [1.165, 1.54) is 0 Å². The van der Waals surface area contributed by atoms with Gasteiger partial charge in [0.1, 0.15) is 6.04 Å². The Morgan fingerprint density at radius 1 is 1.29 bits per heavy atom. The molecule has 0 aromatic rings. The molecule has 3 N–H and O–H groups in total. The smallest absolute Gasteiger partial charge is 0.338 e. The van der Waals surface area contributed by atoms with Gasteiger partial charge >= 0.3 is 11.9 Å². The molecule has 0 radical (unpaired) electrons. The fraction of sp³-hybridized carbons (Fsp3) is 0.571. The Kier molecular flexibility index (Phi) is 4.54. The summed E-state index contributed by atoms with van der Waals surface area (Å²) in [6.45, 7) is 1.06. The number of rotatable bonds is 5. The van der Waals surface area contributed by atoms with Gasteiger partial charge in [0.05, 0.1) is 0 Å². The third kappa shape index (κ3) is 4.39. The fourth-order valence-corrected chi connectivity index (χ4v) is 0.775. The van der Waals surface area contributed by atoms with Gasteiger partial charge in [-0.1, -0.05) is 0 Å². The van der Waals surface area contributed by atoms with Crippen LogP contribution in [0.2, 0.25) is 0 Å². The third-order valence-corrected chi connectivity index (χ3v) is 1.39. The Bertz CT molecular complexity index is 254. The van der Waals surface area contributed by atoms with Crippen LogP contribution in [0.3, 0.4) is 0 Å². The second kappa shape index (κ2) is 5.15. The van der Waals surface area contributed by atoms with E-state index in [2.05, 4.69) is 0 Å². The molecule has 0 spiro atoms. The normalized spacial score (nSPS) is 14.1. The van der Waals surface area contributed by atoms with Gasteiger partial charge in [0.2, 0.25) is 5.91 Å². The van der Waals surface area contributed by atoms with Crippen molar-refractivity contribution in [2.45, 2.75) is 25.6 Å². The van der Waals surface area contributed by atoms with Gasteiger partial charge in [-0.05, 0) is 0 Å². The van der Waals surface area contributed by atoms with E-state index >= 15 is 0 Å². The van der Waals surface area contributed by atoms with Crippen LogP contribution in [0.1, 0.15) is 13.3 Å². The maximum Gasteiger partial charge on any atom is 0.338 e. The number of halogens is 1. The van der Waals surface area contributed by atoms with E-state index in [9.17, 15) is 18.8 Å². The largest absolute Gasteiger partial charge is 0.480 e. The van der Waals surface area contributed by atoms with Crippen molar-refractivity contribution in [3.8, 4) is 0 Å². The lowest BCUT2D eigenvalue weighted by molar-refractivity contribution is -0.146. The van der Waals surface area contributed by atoms with Crippen molar-refractivity contribution in [1.29, 1.82) is 0 Å². The number of nitrogens with one attached hydrogen (secondary N) is 1. The SMILES string of the molecule is CC(=O)N[C@@H](C[C@@H](F)C(=O)O)C(=O)O. The van der Waals surface area contributed by atoms with Crippen LogP contribution < -0.4 is 5.32 Å². The first kappa shape index (κ1) is 12.3.